The minimum atomic E-state index is -0.317. The number of benzene rings is 1. The Balaban J connectivity index is 1.80. The minimum Gasteiger partial charge on any atom is -0.325 e. The first-order valence-electron chi connectivity index (χ1n) is 5.97. The van der Waals surface area contributed by atoms with Crippen LogP contribution in [0.15, 0.2) is 41.8 Å². The van der Waals surface area contributed by atoms with E-state index >= 15 is 0 Å². The molecule has 1 aromatic carbocycles. The molecule has 0 aliphatic heterocycles. The van der Waals surface area contributed by atoms with Gasteiger partial charge in [0.15, 0.2) is 0 Å². The molecule has 19 heavy (non-hydrogen) atoms. The van der Waals surface area contributed by atoms with Crippen molar-refractivity contribution in [1.29, 1.82) is 0 Å². The van der Waals surface area contributed by atoms with Crippen LogP contribution in [0, 0.1) is 5.82 Å². The topological polar surface area (TPSA) is 41.1 Å². The zero-order valence-electron chi connectivity index (χ0n) is 10.5. The van der Waals surface area contributed by atoms with Gasteiger partial charge in [0.25, 0.3) is 0 Å². The van der Waals surface area contributed by atoms with Gasteiger partial charge in [-0.1, -0.05) is 6.07 Å². The number of amides is 1. The average Bonchev–Trinajstić information content (AvgIpc) is 2.93. The van der Waals surface area contributed by atoms with E-state index < -0.39 is 0 Å². The fourth-order valence-corrected chi connectivity index (χ4v) is 2.38. The molecule has 0 saturated carbocycles. The average molecular weight is 278 g/mol. The molecule has 2 rings (SSSR count). The third-order valence-electron chi connectivity index (χ3n) is 2.67. The first-order chi connectivity index (χ1) is 9.15. The molecule has 5 heteroatoms. The fourth-order valence-electron chi connectivity index (χ4n) is 1.62. The lowest BCUT2D eigenvalue weighted by Crippen LogP contribution is -2.29. The Kier molecular flexibility index (Phi) is 4.65. The van der Waals surface area contributed by atoms with Gasteiger partial charge in [0.05, 0.1) is 6.54 Å². The molecule has 0 bridgehead atoms. The van der Waals surface area contributed by atoms with Gasteiger partial charge in [-0.3, -0.25) is 4.79 Å². The van der Waals surface area contributed by atoms with Crippen molar-refractivity contribution in [2.24, 2.45) is 0 Å². The number of carbonyl (C=O) groups is 1. The molecule has 0 saturated heterocycles. The summed E-state index contributed by atoms with van der Waals surface area (Å²) in [5.74, 6) is -0.461. The lowest BCUT2D eigenvalue weighted by atomic mass is 10.2. The second kappa shape index (κ2) is 6.45. The predicted molar refractivity (Wildman–Crippen MR) is 75.8 cm³/mol. The van der Waals surface area contributed by atoms with Gasteiger partial charge in [0.1, 0.15) is 5.82 Å². The van der Waals surface area contributed by atoms with Crippen LogP contribution in [0.25, 0.3) is 0 Å². The molecular formula is C14H15FN2OS. The standard InChI is InChI=1S/C14H15FN2OS/c1-10(13-3-2-8-19-13)16-9-14(18)17-12-6-4-11(15)5-7-12/h2-8,10,16H,9H2,1H3,(H,17,18). The molecule has 0 aliphatic carbocycles. The predicted octanol–water partition coefficient (Wildman–Crippen LogP) is 3.18. The third kappa shape index (κ3) is 4.15. The molecule has 0 aliphatic rings. The van der Waals surface area contributed by atoms with Crippen molar-refractivity contribution in [1.82, 2.24) is 5.32 Å². The molecule has 1 amide bonds. The van der Waals surface area contributed by atoms with Crippen molar-refractivity contribution in [2.45, 2.75) is 13.0 Å². The van der Waals surface area contributed by atoms with Crippen molar-refractivity contribution < 1.29 is 9.18 Å². The summed E-state index contributed by atoms with van der Waals surface area (Å²) in [7, 11) is 0. The maximum atomic E-state index is 12.7. The largest absolute Gasteiger partial charge is 0.325 e. The lowest BCUT2D eigenvalue weighted by Gasteiger charge is -2.12. The van der Waals surface area contributed by atoms with Crippen LogP contribution >= 0.6 is 11.3 Å². The first-order valence-corrected chi connectivity index (χ1v) is 6.85. The van der Waals surface area contributed by atoms with Crippen LogP contribution in [0.2, 0.25) is 0 Å². The molecule has 1 heterocycles. The van der Waals surface area contributed by atoms with Gasteiger partial charge in [0.2, 0.25) is 5.91 Å². The molecule has 3 nitrogen and oxygen atoms in total. The summed E-state index contributed by atoms with van der Waals surface area (Å²) in [4.78, 5) is 12.9. The quantitative estimate of drug-likeness (QED) is 0.882. The first kappa shape index (κ1) is 13.7. The third-order valence-corrected chi connectivity index (χ3v) is 3.72. The molecule has 2 N–H and O–H groups in total. The number of hydrogen-bond acceptors (Lipinski definition) is 3. The molecular weight excluding hydrogens is 263 g/mol. The smallest absolute Gasteiger partial charge is 0.238 e. The molecule has 1 unspecified atom stereocenters. The highest BCUT2D eigenvalue weighted by atomic mass is 32.1. The Morgan fingerprint density at radius 1 is 1.32 bits per heavy atom. The van der Waals surface area contributed by atoms with Gasteiger partial charge in [-0.2, -0.15) is 0 Å². The number of hydrogen-bond donors (Lipinski definition) is 2. The van der Waals surface area contributed by atoms with Crippen LogP contribution in [-0.2, 0) is 4.79 Å². The van der Waals surface area contributed by atoms with Crippen LogP contribution in [0.1, 0.15) is 17.8 Å². The van der Waals surface area contributed by atoms with Gasteiger partial charge >= 0.3 is 0 Å². The zero-order valence-corrected chi connectivity index (χ0v) is 11.3. The molecule has 0 spiro atoms. The van der Waals surface area contributed by atoms with Gasteiger partial charge in [-0.05, 0) is 42.6 Å². The minimum absolute atomic E-state index is 0.138. The van der Waals surface area contributed by atoms with E-state index in [0.29, 0.717) is 5.69 Å². The summed E-state index contributed by atoms with van der Waals surface area (Å²) < 4.78 is 12.7. The summed E-state index contributed by atoms with van der Waals surface area (Å²) in [5.41, 5.74) is 0.594. The number of nitrogens with one attached hydrogen (secondary N) is 2. The van der Waals surface area contributed by atoms with Crippen LogP contribution in [0.5, 0.6) is 0 Å². The van der Waals surface area contributed by atoms with Crippen LogP contribution in [0.3, 0.4) is 0 Å². The van der Waals surface area contributed by atoms with E-state index in [9.17, 15) is 9.18 Å². The summed E-state index contributed by atoms with van der Waals surface area (Å²) in [5, 5.41) is 7.85. The van der Waals surface area contributed by atoms with E-state index in [1.165, 1.54) is 29.1 Å². The summed E-state index contributed by atoms with van der Waals surface area (Å²) in [6.45, 7) is 2.23. The normalized spacial score (nSPS) is 12.1. The Bertz CT molecular complexity index is 525. The van der Waals surface area contributed by atoms with E-state index in [1.54, 1.807) is 11.3 Å². The summed E-state index contributed by atoms with van der Waals surface area (Å²) in [6.07, 6.45) is 0. The van der Waals surface area contributed by atoms with Gasteiger partial charge in [-0.15, -0.1) is 11.3 Å². The monoisotopic (exact) mass is 278 g/mol. The number of anilines is 1. The van der Waals surface area contributed by atoms with Crippen molar-refractivity contribution in [2.75, 3.05) is 11.9 Å². The molecule has 1 atom stereocenters. The number of rotatable bonds is 5. The maximum Gasteiger partial charge on any atom is 0.238 e. The number of thiophene rings is 1. The van der Waals surface area contributed by atoms with E-state index in [-0.39, 0.29) is 24.3 Å². The van der Waals surface area contributed by atoms with Gasteiger partial charge in [0, 0.05) is 16.6 Å². The summed E-state index contributed by atoms with van der Waals surface area (Å²) in [6, 6.07) is 9.86. The highest BCUT2D eigenvalue weighted by molar-refractivity contribution is 7.10. The van der Waals surface area contributed by atoms with E-state index in [2.05, 4.69) is 10.6 Å². The van der Waals surface area contributed by atoms with E-state index in [1.807, 2.05) is 24.4 Å². The summed E-state index contributed by atoms with van der Waals surface area (Å²) >= 11 is 1.65. The maximum absolute atomic E-state index is 12.7. The van der Waals surface area contributed by atoms with Crippen molar-refractivity contribution in [3.8, 4) is 0 Å². The van der Waals surface area contributed by atoms with E-state index in [4.69, 9.17) is 0 Å². The van der Waals surface area contributed by atoms with Gasteiger partial charge in [-0.25, -0.2) is 4.39 Å². The Hall–Kier alpha value is -1.72. The van der Waals surface area contributed by atoms with Crippen molar-refractivity contribution >= 4 is 22.9 Å². The second-order valence-corrected chi connectivity index (χ2v) is 5.15. The van der Waals surface area contributed by atoms with E-state index in [0.717, 1.165) is 0 Å². The second-order valence-electron chi connectivity index (χ2n) is 4.17. The molecule has 0 radical (unpaired) electrons. The van der Waals surface area contributed by atoms with Crippen molar-refractivity contribution in [3.05, 3.63) is 52.5 Å². The van der Waals surface area contributed by atoms with Crippen LogP contribution in [-0.4, -0.2) is 12.5 Å². The molecule has 2 aromatic rings. The molecule has 100 valence electrons. The van der Waals surface area contributed by atoms with Crippen LogP contribution < -0.4 is 10.6 Å². The Morgan fingerprint density at radius 2 is 2.05 bits per heavy atom. The van der Waals surface area contributed by atoms with Gasteiger partial charge < -0.3 is 10.6 Å². The lowest BCUT2D eigenvalue weighted by molar-refractivity contribution is -0.115. The Morgan fingerprint density at radius 3 is 2.68 bits per heavy atom. The molecule has 1 aromatic heterocycles. The zero-order chi connectivity index (χ0) is 13.7. The van der Waals surface area contributed by atoms with Crippen LogP contribution in [0.4, 0.5) is 10.1 Å². The highest BCUT2D eigenvalue weighted by Crippen LogP contribution is 2.17. The highest BCUT2D eigenvalue weighted by Gasteiger charge is 2.08. The fraction of sp³-hybridized carbons (Fsp3) is 0.214. The molecule has 0 fully saturated rings. The number of carbonyl (C=O) groups excluding carboxylic acids is 1. The van der Waals surface area contributed by atoms with Crippen molar-refractivity contribution in [3.63, 3.8) is 0 Å². The SMILES string of the molecule is CC(NCC(=O)Nc1ccc(F)cc1)c1cccs1. The number of halogens is 1. The Labute approximate surface area is 115 Å².